The molecule has 29 heavy (non-hydrogen) atoms. The van der Waals surface area contributed by atoms with Crippen LogP contribution in [0.5, 0.6) is 5.75 Å². The molecular weight excluding hydrogens is 376 g/mol. The molecular formula is C22H17F2N3O2. The number of rotatable bonds is 6. The molecule has 1 N–H and O–H groups in total. The highest BCUT2D eigenvalue weighted by Gasteiger charge is 2.12. The van der Waals surface area contributed by atoms with Gasteiger partial charge < -0.3 is 14.5 Å². The zero-order valence-electron chi connectivity index (χ0n) is 15.3. The molecule has 0 saturated carbocycles. The minimum atomic E-state index is -0.467. The number of nitrogens with one attached hydrogen (secondary N) is 1. The molecule has 0 spiro atoms. The lowest BCUT2D eigenvalue weighted by atomic mass is 10.1. The standard InChI is InChI=1S/C22H17F2N3O2/c23-19-6-2-1-4-15(19)13-29-17-7-8-20(24)16(10-17)11-26-22(28)18-5-3-9-27-14-25-12-21(18)27/h1-10,12,14H,11,13H2,(H,26,28). The lowest BCUT2D eigenvalue weighted by Gasteiger charge is -2.11. The lowest BCUT2D eigenvalue weighted by Crippen LogP contribution is -2.23. The Morgan fingerprint density at radius 2 is 1.86 bits per heavy atom. The van der Waals surface area contributed by atoms with Gasteiger partial charge in [-0.25, -0.2) is 13.8 Å². The Morgan fingerprint density at radius 3 is 2.72 bits per heavy atom. The number of benzene rings is 2. The molecule has 0 radical (unpaired) electrons. The van der Waals surface area contributed by atoms with Crippen molar-refractivity contribution in [2.45, 2.75) is 13.2 Å². The van der Waals surface area contributed by atoms with E-state index in [1.54, 1.807) is 53.5 Å². The third kappa shape index (κ3) is 4.08. The van der Waals surface area contributed by atoms with Gasteiger partial charge in [-0.05, 0) is 36.4 Å². The maximum Gasteiger partial charge on any atom is 0.253 e. The molecule has 4 aromatic rings. The lowest BCUT2D eigenvalue weighted by molar-refractivity contribution is 0.0952. The van der Waals surface area contributed by atoms with Gasteiger partial charge in [-0.2, -0.15) is 0 Å². The highest BCUT2D eigenvalue weighted by Crippen LogP contribution is 2.19. The summed E-state index contributed by atoms with van der Waals surface area (Å²) in [5, 5.41) is 2.71. The molecule has 5 nitrogen and oxygen atoms in total. The Bertz CT molecular complexity index is 1170. The van der Waals surface area contributed by atoms with Gasteiger partial charge in [0.15, 0.2) is 0 Å². The van der Waals surface area contributed by atoms with Crippen molar-refractivity contribution in [3.8, 4) is 5.75 Å². The summed E-state index contributed by atoms with van der Waals surface area (Å²) in [5.74, 6) is -0.785. The predicted octanol–water partition coefficient (Wildman–Crippen LogP) is 4.12. The quantitative estimate of drug-likeness (QED) is 0.536. The van der Waals surface area contributed by atoms with E-state index >= 15 is 0 Å². The number of nitrogens with zero attached hydrogens (tertiary/aromatic N) is 2. The van der Waals surface area contributed by atoms with E-state index in [4.69, 9.17) is 4.74 Å². The molecule has 2 heterocycles. The molecule has 2 aromatic heterocycles. The fraction of sp³-hybridized carbons (Fsp3) is 0.0909. The van der Waals surface area contributed by atoms with Crippen molar-refractivity contribution in [2.75, 3.05) is 0 Å². The summed E-state index contributed by atoms with van der Waals surface area (Å²) in [5.41, 5.74) is 1.77. The van der Waals surface area contributed by atoms with Crippen LogP contribution in [-0.4, -0.2) is 15.3 Å². The zero-order valence-corrected chi connectivity index (χ0v) is 15.3. The summed E-state index contributed by atoms with van der Waals surface area (Å²) in [7, 11) is 0. The maximum atomic E-state index is 14.2. The van der Waals surface area contributed by atoms with Crippen molar-refractivity contribution in [1.29, 1.82) is 0 Å². The smallest absolute Gasteiger partial charge is 0.253 e. The Balaban J connectivity index is 1.45. The Labute approximate surface area is 165 Å². The van der Waals surface area contributed by atoms with Crippen molar-refractivity contribution < 1.29 is 18.3 Å². The second-order valence-corrected chi connectivity index (χ2v) is 6.42. The van der Waals surface area contributed by atoms with Crippen LogP contribution in [0, 0.1) is 11.6 Å². The van der Waals surface area contributed by atoms with Crippen LogP contribution < -0.4 is 10.1 Å². The van der Waals surface area contributed by atoms with Crippen molar-refractivity contribution in [1.82, 2.24) is 14.7 Å². The average Bonchev–Trinajstić information content (AvgIpc) is 3.22. The van der Waals surface area contributed by atoms with E-state index in [-0.39, 0.29) is 30.4 Å². The SMILES string of the molecule is O=C(NCc1cc(OCc2ccccc2F)ccc1F)c1cccn2cncc12. The van der Waals surface area contributed by atoms with Crippen molar-refractivity contribution in [3.05, 3.63) is 102 Å². The number of aromatic nitrogens is 2. The van der Waals surface area contributed by atoms with Crippen molar-refractivity contribution in [2.24, 2.45) is 0 Å². The third-order valence-electron chi connectivity index (χ3n) is 4.50. The van der Waals surface area contributed by atoms with Crippen LogP contribution in [0.2, 0.25) is 0 Å². The maximum absolute atomic E-state index is 14.2. The number of halogens is 2. The van der Waals surface area contributed by atoms with Crippen molar-refractivity contribution >= 4 is 11.4 Å². The van der Waals surface area contributed by atoms with Gasteiger partial charge in [-0.1, -0.05) is 18.2 Å². The Morgan fingerprint density at radius 1 is 1.03 bits per heavy atom. The molecule has 0 aliphatic heterocycles. The molecule has 7 heteroatoms. The van der Waals surface area contributed by atoms with Crippen LogP contribution in [0.15, 0.2) is 73.3 Å². The van der Waals surface area contributed by atoms with Crippen LogP contribution in [0.25, 0.3) is 5.52 Å². The number of imidazole rings is 1. The molecule has 0 bridgehead atoms. The van der Waals surface area contributed by atoms with E-state index in [0.717, 1.165) is 0 Å². The molecule has 146 valence electrons. The topological polar surface area (TPSA) is 55.6 Å². The van der Waals surface area contributed by atoms with Gasteiger partial charge in [0.25, 0.3) is 5.91 Å². The summed E-state index contributed by atoms with van der Waals surface area (Å²) < 4.78 is 35.2. The van der Waals surface area contributed by atoms with Crippen LogP contribution in [0.4, 0.5) is 8.78 Å². The first-order valence-corrected chi connectivity index (χ1v) is 8.95. The van der Waals surface area contributed by atoms with Crippen LogP contribution in [-0.2, 0) is 13.2 Å². The van der Waals surface area contributed by atoms with Gasteiger partial charge in [0.05, 0.1) is 23.6 Å². The number of fused-ring (bicyclic) bond motifs is 1. The Kier molecular flexibility index (Phi) is 5.20. The minimum Gasteiger partial charge on any atom is -0.489 e. The highest BCUT2D eigenvalue weighted by molar-refractivity contribution is 6.00. The number of carbonyl (C=O) groups is 1. The fourth-order valence-corrected chi connectivity index (χ4v) is 2.97. The predicted molar refractivity (Wildman–Crippen MR) is 103 cm³/mol. The average molecular weight is 393 g/mol. The van der Waals surface area contributed by atoms with Crippen LogP contribution >= 0.6 is 0 Å². The largest absolute Gasteiger partial charge is 0.489 e. The first kappa shape index (κ1) is 18.6. The normalized spacial score (nSPS) is 10.8. The monoisotopic (exact) mass is 393 g/mol. The zero-order chi connectivity index (χ0) is 20.2. The molecule has 0 fully saturated rings. The molecule has 0 unspecified atom stereocenters. The summed E-state index contributed by atoms with van der Waals surface area (Å²) >= 11 is 0. The highest BCUT2D eigenvalue weighted by atomic mass is 19.1. The summed E-state index contributed by atoms with van der Waals surface area (Å²) in [6.07, 6.45) is 4.98. The van der Waals surface area contributed by atoms with Gasteiger partial charge in [-0.3, -0.25) is 4.79 Å². The van der Waals surface area contributed by atoms with E-state index in [1.807, 2.05) is 0 Å². The van der Waals surface area contributed by atoms with Gasteiger partial charge in [0.1, 0.15) is 24.0 Å². The summed E-state index contributed by atoms with van der Waals surface area (Å²) in [6, 6.07) is 13.9. The van der Waals surface area contributed by atoms with E-state index in [9.17, 15) is 13.6 Å². The Hall–Kier alpha value is -3.74. The number of pyridine rings is 1. The third-order valence-corrected chi connectivity index (χ3v) is 4.50. The number of ether oxygens (including phenoxy) is 1. The van der Waals surface area contributed by atoms with Crippen molar-refractivity contribution in [3.63, 3.8) is 0 Å². The number of carbonyl (C=O) groups excluding carboxylic acids is 1. The van der Waals surface area contributed by atoms with Gasteiger partial charge in [0, 0.05) is 23.9 Å². The molecule has 4 rings (SSSR count). The van der Waals surface area contributed by atoms with Crippen LogP contribution in [0.1, 0.15) is 21.5 Å². The second kappa shape index (κ2) is 8.10. The first-order chi connectivity index (χ1) is 14.1. The van der Waals surface area contributed by atoms with Crippen LogP contribution in [0.3, 0.4) is 0 Å². The van der Waals surface area contributed by atoms with E-state index < -0.39 is 5.82 Å². The van der Waals surface area contributed by atoms with Gasteiger partial charge in [-0.15, -0.1) is 0 Å². The second-order valence-electron chi connectivity index (χ2n) is 6.42. The fourth-order valence-electron chi connectivity index (χ4n) is 2.97. The molecule has 1 amide bonds. The van der Waals surface area contributed by atoms with Gasteiger partial charge in [0.2, 0.25) is 0 Å². The molecule has 0 aliphatic rings. The molecule has 0 aliphatic carbocycles. The van der Waals surface area contributed by atoms with E-state index in [2.05, 4.69) is 10.3 Å². The van der Waals surface area contributed by atoms with Gasteiger partial charge >= 0.3 is 0 Å². The molecule has 2 aromatic carbocycles. The molecule has 0 atom stereocenters. The number of amides is 1. The van der Waals surface area contributed by atoms with E-state index in [1.165, 1.54) is 24.3 Å². The van der Waals surface area contributed by atoms with E-state index in [0.29, 0.717) is 22.4 Å². The first-order valence-electron chi connectivity index (χ1n) is 8.95. The summed E-state index contributed by atoms with van der Waals surface area (Å²) in [6.45, 7) is 0.00404. The minimum absolute atomic E-state index is 0.0171. The summed E-state index contributed by atoms with van der Waals surface area (Å²) in [4.78, 5) is 16.5. The number of hydrogen-bond acceptors (Lipinski definition) is 3. The number of hydrogen-bond donors (Lipinski definition) is 1. The molecule has 0 saturated heterocycles.